The Hall–Kier alpha value is -3.52. The first-order valence-corrected chi connectivity index (χ1v) is 13.2. The highest BCUT2D eigenvalue weighted by Gasteiger charge is 2.14. The molecule has 0 spiro atoms. The van der Waals surface area contributed by atoms with Crippen LogP contribution in [0, 0.1) is 19.3 Å². The fourth-order valence-electron chi connectivity index (χ4n) is 4.39. The van der Waals surface area contributed by atoms with Gasteiger partial charge in [-0.1, -0.05) is 31.0 Å². The second-order valence-corrected chi connectivity index (χ2v) is 9.74. The lowest BCUT2D eigenvalue weighted by molar-refractivity contribution is 0.463. The van der Waals surface area contributed by atoms with Crippen molar-refractivity contribution >= 4 is 29.8 Å². The molecule has 2 aromatic carbocycles. The predicted octanol–water partition coefficient (Wildman–Crippen LogP) is 6.70. The van der Waals surface area contributed by atoms with Gasteiger partial charge < -0.3 is 20.4 Å². The number of hydrogen-bond donors (Lipinski definition) is 3. The molecule has 1 aliphatic heterocycles. The Kier molecular flexibility index (Phi) is 8.84. The van der Waals surface area contributed by atoms with Crippen LogP contribution < -0.4 is 19.7 Å². The number of benzene rings is 2. The number of aromatic nitrogens is 2. The molecular formula is C28H34N6OS. The number of nitrogens with zero attached hydrogens (tertiary/aromatic N) is 3. The van der Waals surface area contributed by atoms with Gasteiger partial charge in [-0.3, -0.25) is 4.72 Å². The number of allylic oxidation sites excluding steroid dienone is 1. The summed E-state index contributed by atoms with van der Waals surface area (Å²) in [4.78, 5) is 12.5. The van der Waals surface area contributed by atoms with E-state index in [0.29, 0.717) is 16.7 Å². The van der Waals surface area contributed by atoms with E-state index in [9.17, 15) is 0 Å². The van der Waals surface area contributed by atoms with E-state index in [-0.39, 0.29) is 0 Å². The van der Waals surface area contributed by atoms with Gasteiger partial charge >= 0.3 is 0 Å². The van der Waals surface area contributed by atoms with Crippen LogP contribution in [0.2, 0.25) is 0 Å². The molecule has 1 fully saturated rings. The summed E-state index contributed by atoms with van der Waals surface area (Å²) in [6.07, 6.45) is 8.13. The first-order valence-electron chi connectivity index (χ1n) is 12.4. The third-order valence-electron chi connectivity index (χ3n) is 6.16. The summed E-state index contributed by atoms with van der Waals surface area (Å²) in [6.45, 7) is 6.38. The Labute approximate surface area is 218 Å². The summed E-state index contributed by atoms with van der Waals surface area (Å²) in [5, 5.41) is 10.5. The molecule has 1 aromatic heterocycles. The molecule has 2 heterocycles. The summed E-state index contributed by atoms with van der Waals surface area (Å²) in [7, 11) is 1.80. The topological polar surface area (TPSA) is 86.2 Å². The van der Waals surface area contributed by atoms with Crippen LogP contribution in [-0.2, 0) is 0 Å². The van der Waals surface area contributed by atoms with Gasteiger partial charge in [0.1, 0.15) is 5.75 Å². The Bertz CT molecular complexity index is 1180. The first-order chi connectivity index (χ1) is 17.6. The van der Waals surface area contributed by atoms with Crippen molar-refractivity contribution in [3.63, 3.8) is 0 Å². The third kappa shape index (κ3) is 6.57. The van der Waals surface area contributed by atoms with Crippen molar-refractivity contribution in [1.82, 2.24) is 15.3 Å². The van der Waals surface area contributed by atoms with Gasteiger partial charge in [-0.05, 0) is 74.0 Å². The van der Waals surface area contributed by atoms with E-state index in [1.807, 2.05) is 24.3 Å². The molecule has 188 valence electrons. The summed E-state index contributed by atoms with van der Waals surface area (Å²) in [5.74, 6) is 1.61. The van der Waals surface area contributed by atoms with Crippen LogP contribution in [0.15, 0.2) is 59.6 Å². The molecule has 0 aliphatic carbocycles. The van der Waals surface area contributed by atoms with E-state index >= 15 is 0 Å². The molecule has 7 nitrogen and oxygen atoms in total. The molecule has 1 aliphatic rings. The summed E-state index contributed by atoms with van der Waals surface area (Å²) >= 11 is 1.27. The van der Waals surface area contributed by atoms with Crippen molar-refractivity contribution in [1.29, 1.82) is 5.41 Å². The van der Waals surface area contributed by atoms with Gasteiger partial charge in [0.2, 0.25) is 11.8 Å². The van der Waals surface area contributed by atoms with Crippen molar-refractivity contribution in [2.75, 3.05) is 29.8 Å². The van der Waals surface area contributed by atoms with Crippen LogP contribution in [0.25, 0.3) is 11.3 Å². The average Bonchev–Trinajstić information content (AvgIpc) is 3.17. The Morgan fingerprint density at radius 2 is 1.69 bits per heavy atom. The van der Waals surface area contributed by atoms with Crippen LogP contribution >= 0.6 is 11.9 Å². The van der Waals surface area contributed by atoms with E-state index in [1.54, 1.807) is 13.2 Å². The smallest absolute Gasteiger partial charge is 0.237 e. The molecule has 1 saturated heterocycles. The SMILES string of the molecule is CN/C=C(\C=N)SNc1nc(Oc2ccc(N3CCCCCC3)cc2)cc(-c2c(C)cccc2C)n1. The number of anilines is 2. The lowest BCUT2D eigenvalue weighted by Crippen LogP contribution is -2.23. The highest BCUT2D eigenvalue weighted by Crippen LogP contribution is 2.32. The monoisotopic (exact) mass is 502 g/mol. The molecule has 0 unspecified atom stereocenters. The van der Waals surface area contributed by atoms with E-state index in [0.717, 1.165) is 41.2 Å². The molecule has 36 heavy (non-hydrogen) atoms. The van der Waals surface area contributed by atoms with Crippen LogP contribution in [0.1, 0.15) is 36.8 Å². The van der Waals surface area contributed by atoms with E-state index in [4.69, 9.17) is 15.1 Å². The first kappa shape index (κ1) is 25.6. The van der Waals surface area contributed by atoms with Crippen molar-refractivity contribution in [2.45, 2.75) is 39.5 Å². The van der Waals surface area contributed by atoms with Crippen molar-refractivity contribution in [3.05, 3.63) is 70.8 Å². The quantitative estimate of drug-likeness (QED) is 0.222. The van der Waals surface area contributed by atoms with Crippen LogP contribution in [0.4, 0.5) is 11.6 Å². The Balaban J connectivity index is 1.61. The van der Waals surface area contributed by atoms with Gasteiger partial charge in [-0.25, -0.2) is 4.98 Å². The highest BCUT2D eigenvalue weighted by atomic mass is 32.2. The molecular weight excluding hydrogens is 468 g/mol. The maximum absolute atomic E-state index is 7.59. The molecule has 3 N–H and O–H groups in total. The largest absolute Gasteiger partial charge is 0.439 e. The van der Waals surface area contributed by atoms with Crippen LogP contribution in [-0.4, -0.2) is 36.3 Å². The predicted molar refractivity (Wildman–Crippen MR) is 151 cm³/mol. The number of nitrogens with one attached hydrogen (secondary N) is 3. The molecule has 0 radical (unpaired) electrons. The Morgan fingerprint density at radius 3 is 2.33 bits per heavy atom. The zero-order chi connectivity index (χ0) is 25.3. The molecule has 0 atom stereocenters. The molecule has 8 heteroatoms. The minimum atomic E-state index is 0.417. The maximum atomic E-state index is 7.59. The Morgan fingerprint density at radius 1 is 1.00 bits per heavy atom. The summed E-state index contributed by atoms with van der Waals surface area (Å²) in [6, 6.07) is 16.4. The fourth-order valence-corrected chi connectivity index (χ4v) is 4.93. The maximum Gasteiger partial charge on any atom is 0.237 e. The zero-order valence-corrected chi connectivity index (χ0v) is 22.0. The molecule has 0 saturated carbocycles. The number of rotatable bonds is 9. The van der Waals surface area contributed by atoms with Gasteiger partial charge in [0.25, 0.3) is 0 Å². The number of ether oxygens (including phenoxy) is 1. The van der Waals surface area contributed by atoms with Crippen LogP contribution in [0.3, 0.4) is 0 Å². The lowest BCUT2D eigenvalue weighted by atomic mass is 10.00. The number of hydrogen-bond acceptors (Lipinski definition) is 8. The fraction of sp³-hybridized carbons (Fsp3) is 0.321. The molecule has 0 bridgehead atoms. The molecule has 4 rings (SSSR count). The van der Waals surface area contributed by atoms with E-state index < -0.39 is 0 Å². The highest BCUT2D eigenvalue weighted by molar-refractivity contribution is 8.05. The standard InChI is InChI=1S/C28H34N6OS/c1-20-9-8-10-21(2)27(20)25-17-26(32-28(31-25)33-36-24(18-29)19-30-3)35-23-13-11-22(12-14-23)34-15-6-4-5-7-16-34/h8-14,17-19,29-30H,4-7,15-16H2,1-3H3,(H,31,32,33)/b24-19+,29-18?. The van der Waals surface area contributed by atoms with Crippen molar-refractivity contribution in [2.24, 2.45) is 0 Å². The van der Waals surface area contributed by atoms with Gasteiger partial charge in [0.05, 0.1) is 10.6 Å². The average molecular weight is 503 g/mol. The van der Waals surface area contributed by atoms with Gasteiger partial charge in [-0.2, -0.15) is 4.98 Å². The number of aryl methyl sites for hydroxylation is 2. The van der Waals surface area contributed by atoms with Gasteiger partial charge in [0, 0.05) is 49.9 Å². The van der Waals surface area contributed by atoms with Gasteiger partial charge in [-0.15, -0.1) is 0 Å². The second kappa shape index (κ2) is 12.4. The summed E-state index contributed by atoms with van der Waals surface area (Å²) in [5.41, 5.74) is 5.35. The molecule has 0 amide bonds. The van der Waals surface area contributed by atoms with E-state index in [1.165, 1.54) is 49.5 Å². The van der Waals surface area contributed by atoms with Crippen molar-refractivity contribution < 1.29 is 4.74 Å². The normalized spacial score (nSPS) is 14.2. The third-order valence-corrected chi connectivity index (χ3v) is 6.92. The molecule has 3 aromatic rings. The van der Waals surface area contributed by atoms with Crippen molar-refractivity contribution in [3.8, 4) is 22.9 Å². The second-order valence-electron chi connectivity index (χ2n) is 8.86. The zero-order valence-electron chi connectivity index (χ0n) is 21.2. The minimum Gasteiger partial charge on any atom is -0.439 e. The summed E-state index contributed by atoms with van der Waals surface area (Å²) < 4.78 is 9.38. The minimum absolute atomic E-state index is 0.417. The van der Waals surface area contributed by atoms with Gasteiger partial charge in [0.15, 0.2) is 0 Å². The lowest BCUT2D eigenvalue weighted by Gasteiger charge is -2.22. The van der Waals surface area contributed by atoms with E-state index in [2.05, 4.69) is 58.0 Å². The van der Waals surface area contributed by atoms with Crippen LogP contribution in [0.5, 0.6) is 11.6 Å².